The van der Waals surface area contributed by atoms with Gasteiger partial charge in [0.25, 0.3) is 0 Å². The van der Waals surface area contributed by atoms with E-state index in [1.54, 1.807) is 19.9 Å². The molecule has 12 atom stereocenters. The number of aliphatic hydroxyl groups excluding tert-OH is 2. The lowest BCUT2D eigenvalue weighted by molar-refractivity contribution is -0.185. The van der Waals surface area contributed by atoms with Crippen LogP contribution in [0.2, 0.25) is 0 Å². The first-order valence-electron chi connectivity index (χ1n) is 12.9. The number of ketones is 1. The van der Waals surface area contributed by atoms with E-state index in [4.69, 9.17) is 18.6 Å². The molecule has 1 aromatic rings. The van der Waals surface area contributed by atoms with Gasteiger partial charge in [0, 0.05) is 33.6 Å². The molecule has 2 aliphatic heterocycles. The summed E-state index contributed by atoms with van der Waals surface area (Å²) in [5.41, 5.74) is -6.52. The second-order valence-electron chi connectivity index (χ2n) is 12.9. The first-order valence-corrected chi connectivity index (χ1v) is 12.9. The van der Waals surface area contributed by atoms with E-state index in [1.165, 1.54) is 19.6 Å². The van der Waals surface area contributed by atoms with Crippen LogP contribution in [0.1, 0.15) is 58.1 Å². The average Bonchev–Trinajstić information content (AvgIpc) is 3.11. The van der Waals surface area contributed by atoms with Crippen LogP contribution in [0.5, 0.6) is 0 Å². The number of hydrogen-bond donors (Lipinski definition) is 3. The quantitative estimate of drug-likeness (QED) is 0.392. The molecule has 10 heteroatoms. The Kier molecular flexibility index (Phi) is 4.17. The topological polar surface area (TPSA) is 156 Å². The van der Waals surface area contributed by atoms with Gasteiger partial charge in [-0.25, -0.2) is 4.79 Å². The van der Waals surface area contributed by atoms with Crippen molar-refractivity contribution in [3.8, 4) is 0 Å². The fourth-order valence-corrected chi connectivity index (χ4v) is 10.6. The van der Waals surface area contributed by atoms with E-state index < -0.39 is 86.8 Å². The molecule has 4 saturated carbocycles. The Morgan fingerprint density at radius 2 is 1.97 bits per heavy atom. The molecule has 0 unspecified atom stereocenters. The second-order valence-corrected chi connectivity index (χ2v) is 12.9. The first kappa shape index (κ1) is 23.8. The van der Waals surface area contributed by atoms with Gasteiger partial charge in [0.1, 0.15) is 23.4 Å². The highest BCUT2D eigenvalue weighted by atomic mass is 16.7. The third-order valence-corrected chi connectivity index (χ3v) is 11.9. The summed E-state index contributed by atoms with van der Waals surface area (Å²) in [5, 5.41) is 35.2. The number of fused-ring (bicyclic) bond motifs is 2. The number of ether oxygens (including phenoxy) is 3. The molecule has 0 radical (unpaired) electrons. The van der Waals surface area contributed by atoms with Crippen molar-refractivity contribution >= 4 is 17.7 Å². The third-order valence-electron chi connectivity index (χ3n) is 11.9. The summed E-state index contributed by atoms with van der Waals surface area (Å²) < 4.78 is 22.7. The van der Waals surface area contributed by atoms with Gasteiger partial charge in [0.15, 0.2) is 11.9 Å². The molecule has 0 amide bonds. The van der Waals surface area contributed by atoms with Crippen molar-refractivity contribution in [3.05, 3.63) is 24.2 Å². The largest absolute Gasteiger partial charge is 0.472 e. The van der Waals surface area contributed by atoms with E-state index in [-0.39, 0.29) is 12.8 Å². The maximum Gasteiger partial charge on any atom is 0.335 e. The highest BCUT2D eigenvalue weighted by molar-refractivity contribution is 5.93. The normalized spacial score (nSPS) is 55.6. The highest BCUT2D eigenvalue weighted by Gasteiger charge is 2.99. The van der Waals surface area contributed by atoms with Gasteiger partial charge in [0.2, 0.25) is 0 Å². The number of epoxide rings is 1. The Balaban J connectivity index is 1.45. The predicted octanol–water partition coefficient (Wildman–Crippen LogP) is 1.06. The van der Waals surface area contributed by atoms with Crippen molar-refractivity contribution in [2.24, 2.45) is 34.0 Å². The lowest BCUT2D eigenvalue weighted by Crippen LogP contribution is -2.64. The number of hydrogen-bond acceptors (Lipinski definition) is 10. The average molecular weight is 517 g/mol. The molecule has 200 valence electrons. The van der Waals surface area contributed by atoms with Crippen LogP contribution in [0, 0.1) is 34.0 Å². The summed E-state index contributed by atoms with van der Waals surface area (Å²) in [6.45, 7) is 5.44. The molecular weight excluding hydrogens is 484 g/mol. The van der Waals surface area contributed by atoms with Crippen molar-refractivity contribution in [2.75, 3.05) is 7.11 Å². The Labute approximate surface area is 213 Å². The van der Waals surface area contributed by atoms with Crippen LogP contribution in [0.3, 0.4) is 0 Å². The minimum atomic E-state index is -1.66. The molecule has 7 rings (SSSR count). The number of carbonyl (C=O) groups excluding carboxylic acids is 3. The number of carbonyl (C=O) groups is 3. The Morgan fingerprint density at radius 3 is 2.62 bits per heavy atom. The number of Topliss-reactive ketones (excluding diaryl/α,β-unsaturated/α-hetero) is 1. The number of furan rings is 1. The summed E-state index contributed by atoms with van der Waals surface area (Å²) in [6.07, 6.45) is 0.133. The monoisotopic (exact) mass is 516 g/mol. The summed E-state index contributed by atoms with van der Waals surface area (Å²) >= 11 is 0. The van der Waals surface area contributed by atoms with Crippen molar-refractivity contribution in [3.63, 3.8) is 0 Å². The summed E-state index contributed by atoms with van der Waals surface area (Å²) in [5.74, 6) is -4.48. The molecule has 6 aliphatic rings. The first-order chi connectivity index (χ1) is 17.3. The molecule has 1 aromatic heterocycles. The maximum absolute atomic E-state index is 14.0. The molecule has 3 heterocycles. The molecule has 4 aliphatic carbocycles. The fourth-order valence-electron chi connectivity index (χ4n) is 10.6. The van der Waals surface area contributed by atoms with Crippen LogP contribution in [0.15, 0.2) is 23.0 Å². The van der Waals surface area contributed by atoms with Gasteiger partial charge in [-0.1, -0.05) is 20.8 Å². The summed E-state index contributed by atoms with van der Waals surface area (Å²) in [7, 11) is 1.17. The molecule has 6 fully saturated rings. The molecule has 3 N–H and O–H groups in total. The second kappa shape index (κ2) is 6.47. The Bertz CT molecular complexity index is 1240. The maximum atomic E-state index is 14.0. The molecule has 37 heavy (non-hydrogen) atoms. The molecule has 0 aromatic carbocycles. The summed E-state index contributed by atoms with van der Waals surface area (Å²) in [6, 6.07) is 1.74. The zero-order valence-corrected chi connectivity index (χ0v) is 21.2. The molecule has 2 saturated heterocycles. The van der Waals surface area contributed by atoms with E-state index in [0.717, 1.165) is 0 Å². The zero-order valence-electron chi connectivity index (χ0n) is 21.2. The number of esters is 2. The van der Waals surface area contributed by atoms with Crippen molar-refractivity contribution in [1.82, 2.24) is 0 Å². The fraction of sp³-hybridized carbons (Fsp3) is 0.741. The lowest BCUT2D eigenvalue weighted by Gasteiger charge is -2.54. The zero-order chi connectivity index (χ0) is 26.6. The van der Waals surface area contributed by atoms with E-state index in [0.29, 0.717) is 18.4 Å². The van der Waals surface area contributed by atoms with Crippen molar-refractivity contribution in [2.45, 2.75) is 81.6 Å². The van der Waals surface area contributed by atoms with Gasteiger partial charge in [-0.2, -0.15) is 0 Å². The smallest absolute Gasteiger partial charge is 0.335 e. The van der Waals surface area contributed by atoms with Crippen LogP contribution in [0.4, 0.5) is 0 Å². The summed E-state index contributed by atoms with van der Waals surface area (Å²) in [4.78, 5) is 39.8. The lowest BCUT2D eigenvalue weighted by atomic mass is 9.48. The minimum absolute atomic E-state index is 0.0107. The SMILES string of the molecule is COC(=O)[C@@H](O)[C@H]1[C@]2(C)C[C@]3(O)[C@H](C(=O)[C@H]2O)[C@@]24O[C@]25CC(=O)O[C@@H](c2ccoc2)[C@]5(C)CC[C@H]4[C@@]13C. The van der Waals surface area contributed by atoms with Gasteiger partial charge < -0.3 is 33.9 Å². The number of methoxy groups -OCH3 is 1. The molecular formula is C27H32O10. The molecule has 10 nitrogen and oxygen atoms in total. The van der Waals surface area contributed by atoms with Gasteiger partial charge in [0.05, 0.1) is 37.6 Å². The molecule has 2 bridgehead atoms. The highest BCUT2D eigenvalue weighted by Crippen LogP contribution is 2.88. The van der Waals surface area contributed by atoms with Gasteiger partial charge >= 0.3 is 11.9 Å². The van der Waals surface area contributed by atoms with Gasteiger partial charge in [-0.05, 0) is 25.3 Å². The van der Waals surface area contributed by atoms with Gasteiger partial charge in [-0.15, -0.1) is 0 Å². The van der Waals surface area contributed by atoms with Crippen molar-refractivity contribution < 1.29 is 48.3 Å². The Hall–Kier alpha value is -2.27. The standard InChI is InChI=1S/C27H32O10/c1-22-11-25(33)18(15(29)19(22)31)27-13(24(25,3)17(22)16(30)21(32)34-4)5-7-23(2)20(12-6-8-35-10-12)36-14(28)9-26(23,27)37-27/h6,8,10,13,16-20,30-31,33H,5,7,9,11H2,1-4H3/t13-,16-,17-,18-,19+,20-,22-,23-,24-,25-,26-,27+/m0/s1. The van der Waals surface area contributed by atoms with Gasteiger partial charge in [-0.3, -0.25) is 9.59 Å². The van der Waals surface area contributed by atoms with Crippen LogP contribution < -0.4 is 0 Å². The Morgan fingerprint density at radius 1 is 1.24 bits per heavy atom. The van der Waals surface area contributed by atoms with Crippen LogP contribution in [0.25, 0.3) is 0 Å². The van der Waals surface area contributed by atoms with Crippen LogP contribution in [-0.2, 0) is 28.6 Å². The van der Waals surface area contributed by atoms with Crippen LogP contribution in [-0.4, -0.2) is 69.2 Å². The van der Waals surface area contributed by atoms with E-state index in [9.17, 15) is 29.7 Å². The van der Waals surface area contributed by atoms with Crippen LogP contribution >= 0.6 is 0 Å². The van der Waals surface area contributed by atoms with E-state index in [1.807, 2.05) is 6.92 Å². The van der Waals surface area contributed by atoms with E-state index in [2.05, 4.69) is 0 Å². The van der Waals surface area contributed by atoms with Crippen molar-refractivity contribution in [1.29, 1.82) is 0 Å². The number of cyclic esters (lactones) is 1. The minimum Gasteiger partial charge on any atom is -0.472 e. The van der Waals surface area contributed by atoms with E-state index >= 15 is 0 Å². The number of aliphatic hydroxyl groups is 3. The predicted molar refractivity (Wildman–Crippen MR) is 121 cm³/mol. The number of rotatable bonds is 3. The third kappa shape index (κ3) is 2.11. The molecule has 2 spiro atoms.